The summed E-state index contributed by atoms with van der Waals surface area (Å²) in [5, 5.41) is 12.4. The van der Waals surface area contributed by atoms with E-state index in [1.165, 1.54) is 0 Å². The number of imidazole rings is 1. The summed E-state index contributed by atoms with van der Waals surface area (Å²) < 4.78 is 9.42. The van der Waals surface area contributed by atoms with Gasteiger partial charge in [0.15, 0.2) is 0 Å². The van der Waals surface area contributed by atoms with Crippen LogP contribution in [0.5, 0.6) is 0 Å². The predicted molar refractivity (Wildman–Crippen MR) is 124 cm³/mol. The fourth-order valence-corrected chi connectivity index (χ4v) is 3.88. The lowest BCUT2D eigenvalue weighted by Gasteiger charge is -2.17. The van der Waals surface area contributed by atoms with E-state index < -0.39 is 0 Å². The van der Waals surface area contributed by atoms with Gasteiger partial charge in [-0.15, -0.1) is 0 Å². The Morgan fingerprint density at radius 2 is 2.00 bits per heavy atom. The zero-order valence-corrected chi connectivity index (χ0v) is 19.0. The van der Waals surface area contributed by atoms with Crippen molar-refractivity contribution in [3.05, 3.63) is 82.7 Å². The minimum absolute atomic E-state index is 0.0846. The number of nitriles is 1. The van der Waals surface area contributed by atoms with E-state index in [4.69, 9.17) is 4.74 Å². The van der Waals surface area contributed by atoms with Crippen molar-refractivity contribution >= 4 is 12.0 Å². The first-order valence-electron chi connectivity index (χ1n) is 10.5. The normalized spacial score (nSPS) is 12.4. The van der Waals surface area contributed by atoms with E-state index in [1.54, 1.807) is 25.7 Å². The summed E-state index contributed by atoms with van der Waals surface area (Å²) in [6.07, 6.45) is 7.10. The van der Waals surface area contributed by atoms with E-state index in [0.29, 0.717) is 13.2 Å². The zero-order valence-electron chi connectivity index (χ0n) is 19.0. The highest BCUT2D eigenvalue weighted by molar-refractivity contribution is 6.01. The van der Waals surface area contributed by atoms with Crippen LogP contribution in [0.1, 0.15) is 41.0 Å². The highest BCUT2D eigenvalue weighted by Gasteiger charge is 2.15. The van der Waals surface area contributed by atoms with Gasteiger partial charge in [-0.25, -0.2) is 4.98 Å². The standard InChI is InChI=1S/C25H29N5O2/c1-18-11-23(20(3)30(18)19(2)16-32-4)12-24(13-26)25(31)28-14-21-5-7-22(8-6-21)15-29-10-9-27-17-29/h5-12,17,19H,14-16H2,1-4H3,(H,28,31)/b24-12+. The van der Waals surface area contributed by atoms with Gasteiger partial charge in [-0.1, -0.05) is 24.3 Å². The molecule has 0 aliphatic carbocycles. The van der Waals surface area contributed by atoms with Crippen molar-refractivity contribution in [2.24, 2.45) is 0 Å². The molecule has 1 N–H and O–H groups in total. The Morgan fingerprint density at radius 3 is 2.62 bits per heavy atom. The lowest BCUT2D eigenvalue weighted by Crippen LogP contribution is -2.24. The predicted octanol–water partition coefficient (Wildman–Crippen LogP) is 3.78. The first-order valence-corrected chi connectivity index (χ1v) is 10.5. The van der Waals surface area contributed by atoms with Gasteiger partial charge in [-0.3, -0.25) is 4.79 Å². The van der Waals surface area contributed by atoms with Crippen molar-refractivity contribution < 1.29 is 9.53 Å². The molecule has 0 fully saturated rings. The minimum atomic E-state index is -0.385. The Balaban J connectivity index is 1.66. The minimum Gasteiger partial charge on any atom is -0.383 e. The monoisotopic (exact) mass is 431 g/mol. The number of rotatable bonds is 9. The van der Waals surface area contributed by atoms with Gasteiger partial charge in [0.1, 0.15) is 11.6 Å². The third-order valence-corrected chi connectivity index (χ3v) is 5.44. The second kappa shape index (κ2) is 10.6. The number of hydrogen-bond donors (Lipinski definition) is 1. The first-order chi connectivity index (χ1) is 15.4. The quantitative estimate of drug-likeness (QED) is 0.413. The molecule has 0 radical (unpaired) electrons. The average Bonchev–Trinajstić information content (AvgIpc) is 3.38. The largest absolute Gasteiger partial charge is 0.383 e. The molecule has 0 saturated carbocycles. The van der Waals surface area contributed by atoms with E-state index in [-0.39, 0.29) is 17.5 Å². The third kappa shape index (κ3) is 5.54. The van der Waals surface area contributed by atoms with Crippen molar-refractivity contribution in [3.63, 3.8) is 0 Å². The van der Waals surface area contributed by atoms with Gasteiger partial charge < -0.3 is 19.2 Å². The van der Waals surface area contributed by atoms with Crippen molar-refractivity contribution in [1.82, 2.24) is 19.4 Å². The first kappa shape index (κ1) is 23.0. The Kier molecular flexibility index (Phi) is 7.63. The number of carbonyl (C=O) groups is 1. The fourth-order valence-electron chi connectivity index (χ4n) is 3.88. The summed E-state index contributed by atoms with van der Waals surface area (Å²) in [6.45, 7) is 7.77. The number of nitrogens with one attached hydrogen (secondary N) is 1. The molecule has 0 spiro atoms. The molecule has 2 aromatic heterocycles. The summed E-state index contributed by atoms with van der Waals surface area (Å²) >= 11 is 0. The number of aryl methyl sites for hydroxylation is 1. The molecule has 0 bridgehead atoms. The molecule has 0 saturated heterocycles. The molecule has 1 unspecified atom stereocenters. The van der Waals surface area contributed by atoms with E-state index in [1.807, 2.05) is 61.0 Å². The van der Waals surface area contributed by atoms with Gasteiger partial charge in [0, 0.05) is 44.0 Å². The van der Waals surface area contributed by atoms with Gasteiger partial charge in [0.05, 0.1) is 19.0 Å². The van der Waals surface area contributed by atoms with Crippen molar-refractivity contribution in [2.45, 2.75) is 39.9 Å². The number of hydrogen-bond acceptors (Lipinski definition) is 4. The molecule has 7 nitrogen and oxygen atoms in total. The molecule has 166 valence electrons. The Bertz CT molecular complexity index is 1120. The number of methoxy groups -OCH3 is 1. The fraction of sp³-hybridized carbons (Fsp3) is 0.320. The Hall–Kier alpha value is -3.63. The van der Waals surface area contributed by atoms with Crippen LogP contribution in [0.25, 0.3) is 6.08 Å². The second-order valence-corrected chi connectivity index (χ2v) is 7.90. The van der Waals surface area contributed by atoms with Crippen LogP contribution in [0, 0.1) is 25.2 Å². The molecule has 32 heavy (non-hydrogen) atoms. The van der Waals surface area contributed by atoms with Crippen molar-refractivity contribution in [1.29, 1.82) is 5.26 Å². The summed E-state index contributed by atoms with van der Waals surface area (Å²) in [7, 11) is 1.68. The number of benzene rings is 1. The van der Waals surface area contributed by atoms with E-state index >= 15 is 0 Å². The van der Waals surface area contributed by atoms with Crippen LogP contribution < -0.4 is 5.32 Å². The lowest BCUT2D eigenvalue weighted by atomic mass is 10.1. The van der Waals surface area contributed by atoms with Gasteiger partial charge in [0.2, 0.25) is 0 Å². The van der Waals surface area contributed by atoms with Crippen LogP contribution >= 0.6 is 0 Å². The molecular formula is C25H29N5O2. The molecule has 1 atom stereocenters. The summed E-state index contributed by atoms with van der Waals surface area (Å²) in [4.78, 5) is 16.7. The van der Waals surface area contributed by atoms with Crippen LogP contribution in [0.15, 0.2) is 54.6 Å². The van der Waals surface area contributed by atoms with E-state index in [2.05, 4.69) is 21.8 Å². The van der Waals surface area contributed by atoms with Crippen LogP contribution in [-0.4, -0.2) is 33.7 Å². The number of amides is 1. The smallest absolute Gasteiger partial charge is 0.262 e. The molecule has 3 rings (SSSR count). The maximum Gasteiger partial charge on any atom is 0.262 e. The number of ether oxygens (including phenoxy) is 1. The molecule has 1 amide bonds. The second-order valence-electron chi connectivity index (χ2n) is 7.90. The maximum absolute atomic E-state index is 12.6. The van der Waals surface area contributed by atoms with Crippen molar-refractivity contribution in [3.8, 4) is 6.07 Å². The van der Waals surface area contributed by atoms with Crippen LogP contribution in [0.2, 0.25) is 0 Å². The third-order valence-electron chi connectivity index (χ3n) is 5.44. The van der Waals surface area contributed by atoms with Crippen LogP contribution in [0.4, 0.5) is 0 Å². The average molecular weight is 432 g/mol. The number of aromatic nitrogens is 3. The molecule has 0 aliphatic rings. The summed E-state index contributed by atoms with van der Waals surface area (Å²) in [5.41, 5.74) is 5.13. The van der Waals surface area contributed by atoms with Gasteiger partial charge >= 0.3 is 0 Å². The zero-order chi connectivity index (χ0) is 23.1. The topological polar surface area (TPSA) is 84.9 Å². The SMILES string of the molecule is COCC(C)n1c(C)cc(/C=C(\C#N)C(=O)NCc2ccc(Cn3ccnc3)cc2)c1C. The molecule has 0 aliphatic heterocycles. The van der Waals surface area contributed by atoms with Gasteiger partial charge in [0.25, 0.3) is 5.91 Å². The number of nitrogens with zero attached hydrogens (tertiary/aromatic N) is 4. The highest BCUT2D eigenvalue weighted by Crippen LogP contribution is 2.23. The van der Waals surface area contributed by atoms with Crippen LogP contribution in [0.3, 0.4) is 0 Å². The number of carbonyl (C=O) groups excluding carboxylic acids is 1. The van der Waals surface area contributed by atoms with Gasteiger partial charge in [-0.2, -0.15) is 5.26 Å². The lowest BCUT2D eigenvalue weighted by molar-refractivity contribution is -0.117. The molecule has 7 heteroatoms. The maximum atomic E-state index is 12.6. The van der Waals surface area contributed by atoms with Gasteiger partial charge in [-0.05, 0) is 49.6 Å². The molecule has 2 heterocycles. The summed E-state index contributed by atoms with van der Waals surface area (Å²) in [5.74, 6) is -0.385. The molecule has 1 aromatic carbocycles. The highest BCUT2D eigenvalue weighted by atomic mass is 16.5. The molecule has 3 aromatic rings. The van der Waals surface area contributed by atoms with Crippen LogP contribution in [-0.2, 0) is 22.6 Å². The van der Waals surface area contributed by atoms with E-state index in [0.717, 1.165) is 34.6 Å². The summed E-state index contributed by atoms with van der Waals surface area (Å²) in [6, 6.07) is 12.2. The van der Waals surface area contributed by atoms with E-state index in [9.17, 15) is 10.1 Å². The Labute approximate surface area is 189 Å². The Morgan fingerprint density at radius 1 is 1.28 bits per heavy atom. The van der Waals surface area contributed by atoms with Crippen molar-refractivity contribution in [2.75, 3.05) is 13.7 Å². The molecular weight excluding hydrogens is 402 g/mol.